The Morgan fingerprint density at radius 3 is 2.16 bits per heavy atom. The zero-order valence-corrected chi connectivity index (χ0v) is 12.1. The molecule has 0 saturated carbocycles. The molecule has 0 aliphatic carbocycles. The molecule has 1 aromatic carbocycles. The summed E-state index contributed by atoms with van der Waals surface area (Å²) in [6.45, 7) is -0.415. The zero-order valence-electron chi connectivity index (χ0n) is 8.80. The summed E-state index contributed by atoms with van der Waals surface area (Å²) in [5.74, 6) is -0.737. The van der Waals surface area contributed by atoms with Gasteiger partial charge in [-0.2, -0.15) is 0 Å². The first kappa shape index (κ1) is 20.8. The van der Waals surface area contributed by atoms with Gasteiger partial charge in [-0.25, -0.2) is 4.79 Å². The van der Waals surface area contributed by atoms with Gasteiger partial charge >= 0.3 is 23.0 Å². The van der Waals surface area contributed by atoms with Crippen molar-refractivity contribution in [2.75, 3.05) is 6.61 Å². The summed E-state index contributed by atoms with van der Waals surface area (Å²) in [4.78, 5) is 10.2. The largest absolute Gasteiger partial charge is 2.00 e. The van der Waals surface area contributed by atoms with Crippen LogP contribution in [-0.2, 0) is 32.3 Å². The topological polar surface area (TPSA) is 127 Å². The Kier molecular flexibility index (Phi) is 10.3. The fourth-order valence-electron chi connectivity index (χ4n) is 0.732. The van der Waals surface area contributed by atoms with E-state index < -0.39 is 23.0 Å². The molecule has 0 aliphatic rings. The number of aliphatic carboxylic acids is 1. The van der Waals surface area contributed by atoms with Crippen molar-refractivity contribution in [2.45, 2.75) is 0 Å². The minimum Gasteiger partial charge on any atom is -0.759 e. The summed E-state index contributed by atoms with van der Waals surface area (Å²) in [7, 11) is -5.17. The molecule has 111 valence electrons. The molecule has 1 radical (unpaired) electrons. The second-order valence-corrected chi connectivity index (χ2v) is 4.33. The summed E-state index contributed by atoms with van der Waals surface area (Å²) in [6, 6.07) is 4.58. The molecule has 0 fully saturated rings. The van der Waals surface area contributed by atoms with E-state index in [9.17, 15) is 4.79 Å². The van der Waals surface area contributed by atoms with Gasteiger partial charge in [-0.05, 0) is 18.2 Å². The number of carboxylic acids is 1. The van der Waals surface area contributed by atoms with E-state index in [0.717, 1.165) is 0 Å². The van der Waals surface area contributed by atoms with Gasteiger partial charge in [0.15, 0.2) is 6.61 Å². The van der Waals surface area contributed by atoms with Crippen LogP contribution in [0, 0.1) is 0 Å². The van der Waals surface area contributed by atoms with E-state index in [2.05, 4.69) is 0 Å². The number of halogens is 2. The Hall–Kier alpha value is -0.541. The van der Waals surface area contributed by atoms with Crippen LogP contribution >= 0.6 is 23.2 Å². The number of benzene rings is 1. The molecule has 0 aromatic heterocycles. The van der Waals surface area contributed by atoms with Gasteiger partial charge in [0.05, 0.1) is 5.02 Å². The van der Waals surface area contributed by atoms with E-state index in [1.54, 1.807) is 6.07 Å². The third-order valence-corrected chi connectivity index (χ3v) is 1.78. The average molecular weight is 381 g/mol. The molecule has 0 unspecified atom stereocenters. The molecule has 7 nitrogen and oxygen atoms in total. The van der Waals surface area contributed by atoms with E-state index >= 15 is 0 Å². The van der Waals surface area contributed by atoms with Crippen molar-refractivity contribution in [2.24, 2.45) is 0 Å². The predicted octanol–water partition coefficient (Wildman–Crippen LogP) is 1.12. The smallest absolute Gasteiger partial charge is 0.759 e. The summed E-state index contributed by atoms with van der Waals surface area (Å²) in [5.41, 5.74) is 0. The van der Waals surface area contributed by atoms with Gasteiger partial charge in [0.25, 0.3) is 0 Å². The molecule has 1 rings (SSSR count). The van der Waals surface area contributed by atoms with Crippen LogP contribution in [0.15, 0.2) is 18.2 Å². The van der Waals surface area contributed by atoms with Crippen molar-refractivity contribution in [3.63, 3.8) is 0 Å². The molecule has 11 heteroatoms. The first-order valence-electron chi connectivity index (χ1n) is 4.06. The Labute approximate surface area is 129 Å². The Morgan fingerprint density at radius 2 is 1.79 bits per heavy atom. The number of ether oxygens (including phenoxy) is 1. The molecule has 0 spiro atoms. The molecular formula is C8H6Cl2CuO7S. The van der Waals surface area contributed by atoms with Gasteiger partial charge < -0.3 is 18.9 Å². The van der Waals surface area contributed by atoms with E-state index in [-0.39, 0.29) is 17.1 Å². The molecule has 0 bridgehead atoms. The number of rotatable bonds is 3. The van der Waals surface area contributed by atoms with E-state index in [1.807, 2.05) is 0 Å². The van der Waals surface area contributed by atoms with Crippen molar-refractivity contribution < 1.29 is 49.2 Å². The van der Waals surface area contributed by atoms with E-state index in [1.165, 1.54) is 12.1 Å². The van der Waals surface area contributed by atoms with Crippen LogP contribution in [0.3, 0.4) is 0 Å². The van der Waals surface area contributed by atoms with Gasteiger partial charge in [0, 0.05) is 15.4 Å². The second-order valence-electron chi connectivity index (χ2n) is 2.67. The maximum atomic E-state index is 10.2. The van der Waals surface area contributed by atoms with Gasteiger partial charge in [-0.3, -0.25) is 8.42 Å². The van der Waals surface area contributed by atoms with Crippen molar-refractivity contribution >= 4 is 39.6 Å². The van der Waals surface area contributed by atoms with Crippen molar-refractivity contribution in [1.82, 2.24) is 0 Å². The van der Waals surface area contributed by atoms with E-state index in [4.69, 9.17) is 50.6 Å². The van der Waals surface area contributed by atoms with Crippen LogP contribution in [0.4, 0.5) is 0 Å². The van der Waals surface area contributed by atoms with Crippen LogP contribution in [0.25, 0.3) is 0 Å². The van der Waals surface area contributed by atoms with Crippen LogP contribution in [0.1, 0.15) is 0 Å². The fraction of sp³-hybridized carbons (Fsp3) is 0.125. The summed E-state index contributed by atoms with van der Waals surface area (Å²) < 4.78 is 38.9. The average Bonchev–Trinajstić information content (AvgIpc) is 2.13. The molecule has 0 heterocycles. The quantitative estimate of drug-likeness (QED) is 0.473. The minimum absolute atomic E-state index is 0. The Bertz CT molecular complexity index is 512. The maximum Gasteiger partial charge on any atom is 2.00 e. The first-order chi connectivity index (χ1) is 8.09. The number of hydrogen-bond donors (Lipinski definition) is 1. The number of carboxylic acid groups (broad SMARTS) is 1. The molecule has 19 heavy (non-hydrogen) atoms. The zero-order chi connectivity index (χ0) is 14.3. The maximum absolute atomic E-state index is 10.2. The number of carbonyl (C=O) groups is 1. The fourth-order valence-corrected chi connectivity index (χ4v) is 1.19. The molecule has 0 amide bonds. The summed E-state index contributed by atoms with van der Waals surface area (Å²) in [5, 5.41) is 9.11. The Balaban J connectivity index is 0. The van der Waals surface area contributed by atoms with Crippen LogP contribution < -0.4 is 4.74 Å². The standard InChI is InChI=1S/C8H6Cl2O3.Cu.H2O4S/c9-5-1-2-7(6(10)3-5)13-4-8(11)12;;1-5(2,3)4/h1-3H,4H2,(H,11,12);;(H2,1,2,3,4)/q;+2;/p-2. The molecule has 1 aromatic rings. The summed E-state index contributed by atoms with van der Waals surface area (Å²) in [6.07, 6.45) is 0. The molecule has 1 N–H and O–H groups in total. The normalized spacial score (nSPS) is 9.68. The SMILES string of the molecule is O=C(O)COc1ccc(Cl)cc1Cl.O=S(=O)([O-])[O-].[Cu+2]. The van der Waals surface area contributed by atoms with Gasteiger partial charge in [0.2, 0.25) is 0 Å². The number of hydrogen-bond acceptors (Lipinski definition) is 6. The molecule has 0 atom stereocenters. The third kappa shape index (κ3) is 13.7. The van der Waals surface area contributed by atoms with Gasteiger partial charge in [-0.15, -0.1) is 0 Å². The summed E-state index contributed by atoms with van der Waals surface area (Å²) >= 11 is 11.3. The van der Waals surface area contributed by atoms with Crippen LogP contribution in [0.2, 0.25) is 10.0 Å². The van der Waals surface area contributed by atoms with Crippen LogP contribution in [0.5, 0.6) is 5.75 Å². The van der Waals surface area contributed by atoms with Crippen molar-refractivity contribution in [1.29, 1.82) is 0 Å². The van der Waals surface area contributed by atoms with Gasteiger partial charge in [-0.1, -0.05) is 23.2 Å². The van der Waals surface area contributed by atoms with Gasteiger partial charge in [0.1, 0.15) is 5.75 Å². The molecule has 0 saturated heterocycles. The molecular weight excluding hydrogens is 375 g/mol. The Morgan fingerprint density at radius 1 is 1.32 bits per heavy atom. The minimum atomic E-state index is -5.17. The van der Waals surface area contributed by atoms with Crippen molar-refractivity contribution in [3.8, 4) is 5.75 Å². The second kappa shape index (κ2) is 9.38. The predicted molar refractivity (Wildman–Crippen MR) is 60.1 cm³/mol. The van der Waals surface area contributed by atoms with E-state index in [0.29, 0.717) is 15.8 Å². The first-order valence-corrected chi connectivity index (χ1v) is 6.15. The third-order valence-electron chi connectivity index (χ3n) is 1.25. The van der Waals surface area contributed by atoms with Crippen molar-refractivity contribution in [3.05, 3.63) is 28.2 Å². The monoisotopic (exact) mass is 379 g/mol. The van der Waals surface area contributed by atoms with Crippen LogP contribution in [-0.4, -0.2) is 35.2 Å². The molecule has 0 aliphatic heterocycles.